The number of carbonyl (C=O) groups excluding carboxylic acids is 1. The Hall–Kier alpha value is -1.15. The fourth-order valence-corrected chi connectivity index (χ4v) is 2.53. The molecule has 2 unspecified atom stereocenters. The lowest BCUT2D eigenvalue weighted by Crippen LogP contribution is -2.26. The molecule has 0 N–H and O–H groups in total. The number of carbonyl (C=O) groups is 1. The zero-order valence-corrected chi connectivity index (χ0v) is 10.4. The molecule has 0 amide bonds. The van der Waals surface area contributed by atoms with Crippen molar-refractivity contribution >= 4 is 5.78 Å². The van der Waals surface area contributed by atoms with Crippen LogP contribution in [0.5, 0.6) is 0 Å². The number of ether oxygens (including phenoxy) is 1. The molecule has 0 saturated heterocycles. The van der Waals surface area contributed by atoms with E-state index in [4.69, 9.17) is 4.74 Å². The maximum atomic E-state index is 11.7. The van der Waals surface area contributed by atoms with E-state index in [0.717, 1.165) is 25.7 Å². The van der Waals surface area contributed by atoms with Gasteiger partial charge in [0.05, 0.1) is 12.7 Å². The second-order valence-corrected chi connectivity index (χ2v) is 4.71. The van der Waals surface area contributed by atoms with E-state index in [1.807, 2.05) is 18.2 Å². The van der Waals surface area contributed by atoms with Crippen LogP contribution < -0.4 is 0 Å². The highest BCUT2D eigenvalue weighted by Gasteiger charge is 2.31. The average molecular weight is 232 g/mol. The summed E-state index contributed by atoms with van der Waals surface area (Å²) in [7, 11) is 0. The van der Waals surface area contributed by atoms with Gasteiger partial charge in [0.2, 0.25) is 0 Å². The molecule has 1 saturated carbocycles. The molecular formula is C15H20O2. The molecule has 1 aromatic rings. The number of Topliss-reactive ketones (excluding diaryl/α,β-unsaturated/α-hetero) is 1. The van der Waals surface area contributed by atoms with Gasteiger partial charge in [0.1, 0.15) is 5.78 Å². The molecule has 1 aliphatic rings. The second-order valence-electron chi connectivity index (χ2n) is 4.71. The molecule has 0 aliphatic heterocycles. The summed E-state index contributed by atoms with van der Waals surface area (Å²) in [6, 6.07) is 10.1. The number of ketones is 1. The second kappa shape index (κ2) is 5.97. The molecule has 0 aromatic heterocycles. The Morgan fingerprint density at radius 2 is 2.12 bits per heavy atom. The van der Waals surface area contributed by atoms with E-state index in [1.54, 1.807) is 0 Å². The summed E-state index contributed by atoms with van der Waals surface area (Å²) in [6.07, 6.45) is 3.81. The van der Waals surface area contributed by atoms with Gasteiger partial charge in [-0.2, -0.15) is 0 Å². The van der Waals surface area contributed by atoms with Crippen molar-refractivity contribution < 1.29 is 9.53 Å². The van der Waals surface area contributed by atoms with E-state index in [9.17, 15) is 4.79 Å². The van der Waals surface area contributed by atoms with E-state index in [1.165, 1.54) is 5.56 Å². The van der Waals surface area contributed by atoms with Crippen LogP contribution in [0.2, 0.25) is 0 Å². The quantitative estimate of drug-likeness (QED) is 0.778. The Morgan fingerprint density at radius 3 is 2.71 bits per heavy atom. The maximum absolute atomic E-state index is 11.7. The van der Waals surface area contributed by atoms with Crippen molar-refractivity contribution in [1.82, 2.24) is 0 Å². The van der Waals surface area contributed by atoms with Gasteiger partial charge in [0.25, 0.3) is 0 Å². The van der Waals surface area contributed by atoms with Crippen molar-refractivity contribution in [3.8, 4) is 0 Å². The summed E-state index contributed by atoms with van der Waals surface area (Å²) < 4.78 is 5.91. The molecule has 2 atom stereocenters. The first-order valence-electron chi connectivity index (χ1n) is 6.49. The van der Waals surface area contributed by atoms with Gasteiger partial charge >= 0.3 is 0 Å². The molecule has 1 fully saturated rings. The first kappa shape index (κ1) is 12.3. The third kappa shape index (κ3) is 3.16. The summed E-state index contributed by atoms with van der Waals surface area (Å²) in [6.45, 7) is 2.71. The minimum atomic E-state index is 0.102. The zero-order valence-electron chi connectivity index (χ0n) is 10.4. The standard InChI is InChI=1S/C15H20O2/c1-2-15(13-9-6-10-14(13)16)17-11-12-7-4-3-5-8-12/h3-5,7-8,13,15H,2,6,9-11H2,1H3. The first-order valence-corrected chi connectivity index (χ1v) is 6.49. The third-order valence-corrected chi connectivity index (χ3v) is 3.51. The maximum Gasteiger partial charge on any atom is 0.138 e. The normalized spacial score (nSPS) is 21.7. The summed E-state index contributed by atoms with van der Waals surface area (Å²) in [4.78, 5) is 11.7. The van der Waals surface area contributed by atoms with E-state index >= 15 is 0 Å². The number of hydrogen-bond donors (Lipinski definition) is 0. The molecule has 92 valence electrons. The minimum absolute atomic E-state index is 0.102. The Morgan fingerprint density at radius 1 is 1.35 bits per heavy atom. The molecule has 1 aliphatic carbocycles. The van der Waals surface area contributed by atoms with Gasteiger partial charge in [0.15, 0.2) is 0 Å². The Labute approximate surface area is 103 Å². The summed E-state index contributed by atoms with van der Waals surface area (Å²) in [5.74, 6) is 0.536. The summed E-state index contributed by atoms with van der Waals surface area (Å²) in [5, 5.41) is 0. The van der Waals surface area contributed by atoms with Crippen molar-refractivity contribution in [3.05, 3.63) is 35.9 Å². The van der Waals surface area contributed by atoms with Crippen molar-refractivity contribution in [2.24, 2.45) is 5.92 Å². The zero-order chi connectivity index (χ0) is 12.1. The molecule has 1 aromatic carbocycles. The molecule has 2 heteroatoms. The van der Waals surface area contributed by atoms with E-state index in [2.05, 4.69) is 19.1 Å². The summed E-state index contributed by atoms with van der Waals surface area (Å²) in [5.41, 5.74) is 1.18. The summed E-state index contributed by atoms with van der Waals surface area (Å²) >= 11 is 0. The topological polar surface area (TPSA) is 26.3 Å². The van der Waals surface area contributed by atoms with Crippen LogP contribution in [0.25, 0.3) is 0 Å². The fourth-order valence-electron chi connectivity index (χ4n) is 2.53. The molecule has 2 rings (SSSR count). The molecule has 2 nitrogen and oxygen atoms in total. The van der Waals surface area contributed by atoms with Crippen LogP contribution in [0.3, 0.4) is 0 Å². The van der Waals surface area contributed by atoms with Crippen LogP contribution in [0.15, 0.2) is 30.3 Å². The highest BCUT2D eigenvalue weighted by Crippen LogP contribution is 2.28. The smallest absolute Gasteiger partial charge is 0.138 e. The van der Waals surface area contributed by atoms with E-state index in [-0.39, 0.29) is 12.0 Å². The van der Waals surface area contributed by atoms with Gasteiger partial charge in [-0.05, 0) is 24.8 Å². The van der Waals surface area contributed by atoms with Crippen LogP contribution >= 0.6 is 0 Å². The van der Waals surface area contributed by atoms with Crippen LogP contribution in [-0.2, 0) is 16.1 Å². The van der Waals surface area contributed by atoms with Gasteiger partial charge in [-0.3, -0.25) is 4.79 Å². The molecular weight excluding hydrogens is 212 g/mol. The number of benzene rings is 1. The van der Waals surface area contributed by atoms with Crippen LogP contribution in [0, 0.1) is 5.92 Å². The predicted octanol–water partition coefficient (Wildman–Crippen LogP) is 3.35. The predicted molar refractivity (Wildman–Crippen MR) is 67.7 cm³/mol. The van der Waals surface area contributed by atoms with Gasteiger partial charge in [-0.25, -0.2) is 0 Å². The monoisotopic (exact) mass is 232 g/mol. The van der Waals surface area contributed by atoms with Crippen molar-refractivity contribution in [2.75, 3.05) is 0 Å². The lowest BCUT2D eigenvalue weighted by molar-refractivity contribution is -0.125. The first-order chi connectivity index (χ1) is 8.31. The lowest BCUT2D eigenvalue weighted by Gasteiger charge is -2.21. The SMILES string of the molecule is CCC(OCc1ccccc1)C1CCCC1=O. The van der Waals surface area contributed by atoms with Gasteiger partial charge in [0, 0.05) is 12.3 Å². The largest absolute Gasteiger partial charge is 0.373 e. The van der Waals surface area contributed by atoms with E-state index < -0.39 is 0 Å². The van der Waals surface area contributed by atoms with Gasteiger partial charge < -0.3 is 4.74 Å². The van der Waals surface area contributed by atoms with Gasteiger partial charge in [-0.15, -0.1) is 0 Å². The van der Waals surface area contributed by atoms with Crippen molar-refractivity contribution in [2.45, 2.75) is 45.3 Å². The Bertz CT molecular complexity index is 358. The molecule has 0 bridgehead atoms. The number of rotatable bonds is 5. The average Bonchev–Trinajstić information content (AvgIpc) is 2.78. The highest BCUT2D eigenvalue weighted by atomic mass is 16.5. The fraction of sp³-hybridized carbons (Fsp3) is 0.533. The number of hydrogen-bond acceptors (Lipinski definition) is 2. The minimum Gasteiger partial charge on any atom is -0.373 e. The molecule has 0 spiro atoms. The molecule has 17 heavy (non-hydrogen) atoms. The Balaban J connectivity index is 1.90. The third-order valence-electron chi connectivity index (χ3n) is 3.51. The van der Waals surface area contributed by atoms with Crippen molar-refractivity contribution in [3.63, 3.8) is 0 Å². The van der Waals surface area contributed by atoms with Crippen LogP contribution in [-0.4, -0.2) is 11.9 Å². The molecule has 0 radical (unpaired) electrons. The highest BCUT2D eigenvalue weighted by molar-refractivity contribution is 5.83. The van der Waals surface area contributed by atoms with Crippen LogP contribution in [0.1, 0.15) is 38.2 Å². The van der Waals surface area contributed by atoms with Crippen LogP contribution in [0.4, 0.5) is 0 Å². The van der Waals surface area contributed by atoms with E-state index in [0.29, 0.717) is 12.4 Å². The van der Waals surface area contributed by atoms with Crippen molar-refractivity contribution in [1.29, 1.82) is 0 Å². The Kier molecular flexibility index (Phi) is 4.32. The lowest BCUT2D eigenvalue weighted by atomic mass is 9.98. The molecule has 0 heterocycles. The van der Waals surface area contributed by atoms with Gasteiger partial charge in [-0.1, -0.05) is 37.3 Å².